The summed E-state index contributed by atoms with van der Waals surface area (Å²) >= 11 is 5.11. The van der Waals surface area contributed by atoms with Crippen molar-refractivity contribution in [3.63, 3.8) is 0 Å². The second kappa shape index (κ2) is 7.56. The van der Waals surface area contributed by atoms with Crippen LogP contribution in [0.4, 0.5) is 5.69 Å². The molecule has 1 heterocycles. The molecule has 1 atom stereocenters. The number of para-hydroxylation sites is 1. The first-order valence-electron chi connectivity index (χ1n) is 8.23. The summed E-state index contributed by atoms with van der Waals surface area (Å²) in [6.07, 6.45) is 0. The lowest BCUT2D eigenvalue weighted by Crippen LogP contribution is -2.27. The highest BCUT2D eigenvalue weighted by atomic mass is 79.9. The highest BCUT2D eigenvalue weighted by Gasteiger charge is 2.33. The van der Waals surface area contributed by atoms with E-state index in [-0.39, 0.29) is 11.3 Å². The van der Waals surface area contributed by atoms with E-state index in [2.05, 4.69) is 28.1 Å². The van der Waals surface area contributed by atoms with Gasteiger partial charge in [0.05, 0.1) is 5.75 Å². The average Bonchev–Trinajstić information content (AvgIpc) is 3.05. The zero-order chi connectivity index (χ0) is 17.9. The van der Waals surface area contributed by atoms with Crippen LogP contribution in [0.15, 0.2) is 83.3 Å². The van der Waals surface area contributed by atoms with E-state index < -0.39 is 0 Å². The Bertz CT molecular complexity index is 898. The summed E-state index contributed by atoms with van der Waals surface area (Å²) < 4.78 is 6.87. The van der Waals surface area contributed by atoms with Crippen molar-refractivity contribution in [2.45, 2.75) is 5.37 Å². The third-order valence-electron chi connectivity index (χ3n) is 4.12. The van der Waals surface area contributed by atoms with Crippen LogP contribution in [0.1, 0.15) is 10.9 Å². The number of thioether (sulfide) groups is 1. The maximum absolute atomic E-state index is 12.5. The Labute approximate surface area is 165 Å². The number of rotatable bonds is 4. The van der Waals surface area contributed by atoms with Crippen molar-refractivity contribution in [2.75, 3.05) is 10.7 Å². The molecular weight excluding hydrogens is 410 g/mol. The molecule has 1 aliphatic rings. The lowest BCUT2D eigenvalue weighted by molar-refractivity contribution is -0.115. The van der Waals surface area contributed by atoms with Gasteiger partial charge in [-0.1, -0.05) is 46.3 Å². The summed E-state index contributed by atoms with van der Waals surface area (Å²) in [5.74, 6) is 2.16. The Hall–Kier alpha value is -2.24. The van der Waals surface area contributed by atoms with E-state index in [1.54, 1.807) is 11.8 Å². The van der Waals surface area contributed by atoms with Gasteiger partial charge in [-0.3, -0.25) is 9.69 Å². The van der Waals surface area contributed by atoms with Gasteiger partial charge in [-0.25, -0.2) is 0 Å². The van der Waals surface area contributed by atoms with Crippen LogP contribution < -0.4 is 9.64 Å². The maximum atomic E-state index is 12.5. The normalized spacial score (nSPS) is 16.7. The molecule has 0 radical (unpaired) electrons. The van der Waals surface area contributed by atoms with Gasteiger partial charge in [0.1, 0.15) is 16.9 Å². The van der Waals surface area contributed by atoms with Crippen LogP contribution in [0.2, 0.25) is 0 Å². The van der Waals surface area contributed by atoms with Crippen LogP contribution in [0.25, 0.3) is 0 Å². The lowest BCUT2D eigenvalue weighted by atomic mass is 10.2. The molecule has 26 heavy (non-hydrogen) atoms. The minimum Gasteiger partial charge on any atom is -0.457 e. The molecule has 1 aliphatic heterocycles. The number of hydrogen-bond donors (Lipinski definition) is 0. The van der Waals surface area contributed by atoms with Crippen molar-refractivity contribution in [1.29, 1.82) is 0 Å². The minimum atomic E-state index is -0.00325. The highest BCUT2D eigenvalue weighted by Crippen LogP contribution is 2.42. The van der Waals surface area contributed by atoms with Gasteiger partial charge in [0.25, 0.3) is 0 Å². The zero-order valence-electron chi connectivity index (χ0n) is 13.8. The van der Waals surface area contributed by atoms with E-state index in [4.69, 9.17) is 4.74 Å². The monoisotopic (exact) mass is 425 g/mol. The molecule has 130 valence electrons. The maximum Gasteiger partial charge on any atom is 0.238 e. The summed E-state index contributed by atoms with van der Waals surface area (Å²) in [6.45, 7) is 0. The molecule has 0 aromatic heterocycles. The fourth-order valence-electron chi connectivity index (χ4n) is 2.88. The van der Waals surface area contributed by atoms with Gasteiger partial charge in [0, 0.05) is 10.2 Å². The number of ether oxygens (including phenoxy) is 1. The van der Waals surface area contributed by atoms with E-state index in [0.717, 1.165) is 27.2 Å². The molecule has 5 heteroatoms. The molecule has 4 rings (SSSR count). The van der Waals surface area contributed by atoms with E-state index in [1.165, 1.54) is 0 Å². The number of halogens is 1. The molecule has 1 amide bonds. The van der Waals surface area contributed by atoms with Gasteiger partial charge >= 0.3 is 0 Å². The third-order valence-corrected chi connectivity index (χ3v) is 5.86. The smallest absolute Gasteiger partial charge is 0.238 e. The van der Waals surface area contributed by atoms with E-state index in [9.17, 15) is 4.79 Å². The minimum absolute atomic E-state index is 0.00325. The van der Waals surface area contributed by atoms with Crippen molar-refractivity contribution >= 4 is 39.3 Å². The van der Waals surface area contributed by atoms with Gasteiger partial charge in [-0.05, 0) is 54.1 Å². The average molecular weight is 426 g/mol. The molecule has 0 aliphatic carbocycles. The predicted molar refractivity (Wildman–Crippen MR) is 110 cm³/mol. The van der Waals surface area contributed by atoms with Crippen LogP contribution in [0.5, 0.6) is 11.5 Å². The Kier molecular flexibility index (Phi) is 5.00. The molecule has 0 N–H and O–H groups in total. The molecule has 0 saturated carbocycles. The van der Waals surface area contributed by atoms with Crippen molar-refractivity contribution in [3.8, 4) is 11.5 Å². The molecular formula is C21H16BrNO2S. The number of amides is 1. The fourth-order valence-corrected chi connectivity index (χ4v) is 4.32. The summed E-state index contributed by atoms with van der Waals surface area (Å²) in [5.41, 5.74) is 2.00. The van der Waals surface area contributed by atoms with Crippen molar-refractivity contribution < 1.29 is 9.53 Å². The number of anilines is 1. The van der Waals surface area contributed by atoms with Gasteiger partial charge < -0.3 is 4.74 Å². The fraction of sp³-hybridized carbons (Fsp3) is 0.0952. The Balaban J connectivity index is 1.56. The number of carbonyl (C=O) groups excluding carboxylic acids is 1. The van der Waals surface area contributed by atoms with Gasteiger partial charge in [0.2, 0.25) is 5.91 Å². The number of hydrogen-bond acceptors (Lipinski definition) is 3. The van der Waals surface area contributed by atoms with Gasteiger partial charge in [-0.15, -0.1) is 11.8 Å². The molecule has 1 unspecified atom stereocenters. The standard InChI is InChI=1S/C21H16BrNO2S/c22-16-8-6-15(7-9-16)21-23(20(24)14-26-21)17-10-12-19(13-11-17)25-18-4-2-1-3-5-18/h1-13,21H,14H2. The SMILES string of the molecule is O=C1CSC(c2ccc(Br)cc2)N1c1ccc(Oc2ccccc2)cc1. The number of benzene rings is 3. The van der Waals surface area contributed by atoms with Crippen LogP contribution in [-0.2, 0) is 4.79 Å². The largest absolute Gasteiger partial charge is 0.457 e. The van der Waals surface area contributed by atoms with E-state index >= 15 is 0 Å². The number of carbonyl (C=O) groups is 1. The Morgan fingerprint density at radius 1 is 0.885 bits per heavy atom. The van der Waals surface area contributed by atoms with Crippen molar-refractivity contribution in [1.82, 2.24) is 0 Å². The zero-order valence-corrected chi connectivity index (χ0v) is 16.2. The molecule has 3 aromatic carbocycles. The molecule has 1 fully saturated rings. The molecule has 1 saturated heterocycles. The summed E-state index contributed by atoms with van der Waals surface area (Å²) in [6, 6.07) is 25.5. The first kappa shape index (κ1) is 17.2. The van der Waals surface area contributed by atoms with Crippen molar-refractivity contribution in [2.24, 2.45) is 0 Å². The predicted octanol–water partition coefficient (Wildman–Crippen LogP) is 6.02. The van der Waals surface area contributed by atoms with Gasteiger partial charge in [-0.2, -0.15) is 0 Å². The van der Waals surface area contributed by atoms with Crippen LogP contribution >= 0.6 is 27.7 Å². The van der Waals surface area contributed by atoms with Gasteiger partial charge in [0.15, 0.2) is 0 Å². The second-order valence-corrected chi connectivity index (χ2v) is 7.87. The van der Waals surface area contributed by atoms with E-state index in [1.807, 2.05) is 71.6 Å². The lowest BCUT2D eigenvalue weighted by Gasteiger charge is -2.24. The first-order valence-corrected chi connectivity index (χ1v) is 10.1. The topological polar surface area (TPSA) is 29.5 Å². The highest BCUT2D eigenvalue weighted by molar-refractivity contribution is 9.10. The quantitative estimate of drug-likeness (QED) is 0.511. The first-order chi connectivity index (χ1) is 12.7. The van der Waals surface area contributed by atoms with Crippen LogP contribution in [-0.4, -0.2) is 11.7 Å². The third kappa shape index (κ3) is 3.64. The number of nitrogens with zero attached hydrogens (tertiary/aromatic N) is 1. The summed E-state index contributed by atoms with van der Waals surface area (Å²) in [5, 5.41) is -0.00325. The van der Waals surface area contributed by atoms with Crippen LogP contribution in [0.3, 0.4) is 0 Å². The van der Waals surface area contributed by atoms with E-state index in [0.29, 0.717) is 5.75 Å². The molecule has 3 nitrogen and oxygen atoms in total. The Morgan fingerprint density at radius 3 is 2.23 bits per heavy atom. The molecule has 0 spiro atoms. The summed E-state index contributed by atoms with van der Waals surface area (Å²) in [7, 11) is 0. The molecule has 0 bridgehead atoms. The summed E-state index contributed by atoms with van der Waals surface area (Å²) in [4.78, 5) is 14.3. The van der Waals surface area contributed by atoms with Crippen molar-refractivity contribution in [3.05, 3.63) is 88.9 Å². The molecule has 3 aromatic rings. The Morgan fingerprint density at radius 2 is 1.54 bits per heavy atom. The van der Waals surface area contributed by atoms with Crippen LogP contribution in [0, 0.1) is 0 Å². The second-order valence-electron chi connectivity index (χ2n) is 5.89.